The molecule has 19 heavy (non-hydrogen) atoms. The van der Waals surface area contributed by atoms with Crippen molar-refractivity contribution in [2.75, 3.05) is 0 Å². The normalized spacial score (nSPS) is 13.4. The second kappa shape index (κ2) is 7.93. The smallest absolute Gasteiger partial charge is 0.341 e. The van der Waals surface area contributed by atoms with Crippen molar-refractivity contribution in [2.45, 2.75) is 60.8 Å². The summed E-state index contributed by atoms with van der Waals surface area (Å²) in [7, 11) is 0. The van der Waals surface area contributed by atoms with Gasteiger partial charge in [0.25, 0.3) is 0 Å². The van der Waals surface area contributed by atoms with Crippen LogP contribution in [0.1, 0.15) is 60.8 Å². The second-order valence-corrected chi connectivity index (χ2v) is 5.90. The van der Waals surface area contributed by atoms with Gasteiger partial charge in [-0.1, -0.05) is 52.7 Å². The Morgan fingerprint density at radius 2 is 1.58 bits per heavy atom. The predicted molar refractivity (Wildman–Crippen MR) is 77.6 cm³/mol. The number of carbonyl (C=O) groups excluding carboxylic acids is 2. The largest absolute Gasteiger partial charge is 0.386 e. The van der Waals surface area contributed by atoms with E-state index < -0.39 is 11.9 Å². The van der Waals surface area contributed by atoms with Crippen molar-refractivity contribution < 1.29 is 14.3 Å². The predicted octanol–water partition coefficient (Wildman–Crippen LogP) is 4.19. The van der Waals surface area contributed by atoms with E-state index in [9.17, 15) is 9.59 Å². The minimum absolute atomic E-state index is 0.113. The van der Waals surface area contributed by atoms with Crippen molar-refractivity contribution in [1.82, 2.24) is 0 Å². The molecular weight excluding hydrogens is 240 g/mol. The maximum Gasteiger partial charge on any atom is 0.341 e. The molecule has 0 atom stereocenters. The van der Waals surface area contributed by atoms with Crippen LogP contribution < -0.4 is 0 Å². The highest BCUT2D eigenvalue weighted by Crippen LogP contribution is 2.18. The molecule has 0 aliphatic rings. The standard InChI is InChI=1S/C16H26O3/c1-7-8-9-10-12(2)14(17)19-15(18)13(3)11-16(4,5)6/h10-11H,7-9H2,1-6H3. The zero-order chi connectivity index (χ0) is 15.1. The van der Waals surface area contributed by atoms with E-state index >= 15 is 0 Å². The molecule has 3 nitrogen and oxygen atoms in total. The topological polar surface area (TPSA) is 43.4 Å². The van der Waals surface area contributed by atoms with Gasteiger partial charge in [-0.25, -0.2) is 9.59 Å². The second-order valence-electron chi connectivity index (χ2n) is 5.90. The maximum absolute atomic E-state index is 11.7. The summed E-state index contributed by atoms with van der Waals surface area (Å²) in [4.78, 5) is 23.4. The van der Waals surface area contributed by atoms with Gasteiger partial charge in [0, 0.05) is 11.1 Å². The average Bonchev–Trinajstić information content (AvgIpc) is 2.26. The summed E-state index contributed by atoms with van der Waals surface area (Å²) in [5.74, 6) is -1.12. The van der Waals surface area contributed by atoms with Gasteiger partial charge in [-0.2, -0.15) is 0 Å². The summed E-state index contributed by atoms with van der Waals surface area (Å²) in [6.07, 6.45) is 6.57. The Hall–Kier alpha value is -1.38. The summed E-state index contributed by atoms with van der Waals surface area (Å²) in [6, 6.07) is 0. The molecule has 0 aliphatic carbocycles. The molecular formula is C16H26O3. The van der Waals surface area contributed by atoms with Crippen molar-refractivity contribution in [1.29, 1.82) is 0 Å². The van der Waals surface area contributed by atoms with Gasteiger partial charge in [0.05, 0.1) is 0 Å². The number of ether oxygens (including phenoxy) is 1. The first-order valence-electron chi connectivity index (χ1n) is 6.80. The number of unbranched alkanes of at least 4 members (excludes halogenated alkanes) is 2. The van der Waals surface area contributed by atoms with Crippen LogP contribution in [0.4, 0.5) is 0 Å². The van der Waals surface area contributed by atoms with Gasteiger partial charge in [0.15, 0.2) is 0 Å². The van der Waals surface area contributed by atoms with Gasteiger partial charge in [0.1, 0.15) is 0 Å². The molecule has 0 aliphatic heterocycles. The fourth-order valence-corrected chi connectivity index (χ4v) is 1.56. The quantitative estimate of drug-likeness (QED) is 0.324. The fraction of sp³-hybridized carbons (Fsp3) is 0.625. The van der Waals surface area contributed by atoms with Crippen LogP contribution in [-0.2, 0) is 14.3 Å². The summed E-state index contributed by atoms with van der Waals surface area (Å²) in [5.41, 5.74) is 0.839. The van der Waals surface area contributed by atoms with Crippen molar-refractivity contribution in [3.63, 3.8) is 0 Å². The Morgan fingerprint density at radius 3 is 2.05 bits per heavy atom. The van der Waals surface area contributed by atoms with Gasteiger partial charge in [0.2, 0.25) is 0 Å². The molecule has 0 aromatic heterocycles. The minimum Gasteiger partial charge on any atom is -0.386 e. The van der Waals surface area contributed by atoms with Crippen LogP contribution in [0.3, 0.4) is 0 Å². The molecule has 0 radical (unpaired) electrons. The van der Waals surface area contributed by atoms with E-state index in [1.807, 2.05) is 26.8 Å². The first kappa shape index (κ1) is 17.6. The number of allylic oxidation sites excluding steroid dienone is 2. The highest BCUT2D eigenvalue weighted by molar-refractivity contribution is 6.01. The fourth-order valence-electron chi connectivity index (χ4n) is 1.56. The molecule has 0 aromatic carbocycles. The van der Waals surface area contributed by atoms with Crippen LogP contribution in [0, 0.1) is 5.41 Å². The van der Waals surface area contributed by atoms with E-state index in [4.69, 9.17) is 4.74 Å². The maximum atomic E-state index is 11.7. The molecule has 0 fully saturated rings. The van der Waals surface area contributed by atoms with Crippen molar-refractivity contribution >= 4 is 11.9 Å². The molecule has 0 aromatic rings. The number of hydrogen-bond acceptors (Lipinski definition) is 3. The molecule has 0 rings (SSSR count). The van der Waals surface area contributed by atoms with Crippen molar-refractivity contribution in [2.24, 2.45) is 5.41 Å². The lowest BCUT2D eigenvalue weighted by molar-refractivity contribution is -0.154. The Morgan fingerprint density at radius 1 is 1.05 bits per heavy atom. The Labute approximate surface area is 116 Å². The first-order chi connectivity index (χ1) is 8.67. The average molecular weight is 266 g/mol. The van der Waals surface area contributed by atoms with E-state index in [0.29, 0.717) is 11.1 Å². The van der Waals surface area contributed by atoms with E-state index in [1.54, 1.807) is 19.9 Å². The monoisotopic (exact) mass is 266 g/mol. The number of rotatable bonds is 5. The molecule has 0 bridgehead atoms. The van der Waals surface area contributed by atoms with Crippen LogP contribution in [0.25, 0.3) is 0 Å². The van der Waals surface area contributed by atoms with Gasteiger partial charge < -0.3 is 4.74 Å². The highest BCUT2D eigenvalue weighted by atomic mass is 16.6. The van der Waals surface area contributed by atoms with E-state index in [2.05, 4.69) is 6.92 Å². The van der Waals surface area contributed by atoms with Crippen molar-refractivity contribution in [3.8, 4) is 0 Å². The molecule has 0 spiro atoms. The summed E-state index contributed by atoms with van der Waals surface area (Å²) in [6.45, 7) is 11.4. The molecule has 108 valence electrons. The van der Waals surface area contributed by atoms with Gasteiger partial charge >= 0.3 is 11.9 Å². The highest BCUT2D eigenvalue weighted by Gasteiger charge is 2.16. The summed E-state index contributed by atoms with van der Waals surface area (Å²) in [5, 5.41) is 0. The Bertz CT molecular complexity index is 381. The molecule has 0 saturated heterocycles. The molecule has 0 heterocycles. The third-order valence-electron chi connectivity index (χ3n) is 2.49. The van der Waals surface area contributed by atoms with Crippen LogP contribution in [0.15, 0.2) is 23.3 Å². The Kier molecular flexibility index (Phi) is 7.35. The van der Waals surface area contributed by atoms with Crippen LogP contribution in [0.5, 0.6) is 0 Å². The van der Waals surface area contributed by atoms with E-state index in [1.165, 1.54) is 0 Å². The van der Waals surface area contributed by atoms with Crippen LogP contribution >= 0.6 is 0 Å². The lowest BCUT2D eigenvalue weighted by atomic mass is 9.94. The van der Waals surface area contributed by atoms with Gasteiger partial charge in [-0.15, -0.1) is 0 Å². The third kappa shape index (κ3) is 8.36. The molecule has 0 unspecified atom stereocenters. The summed E-state index contributed by atoms with van der Waals surface area (Å²) >= 11 is 0. The molecule has 0 amide bonds. The van der Waals surface area contributed by atoms with Crippen molar-refractivity contribution in [3.05, 3.63) is 23.3 Å². The number of esters is 2. The zero-order valence-electron chi connectivity index (χ0n) is 13.0. The zero-order valence-corrected chi connectivity index (χ0v) is 13.0. The molecule has 0 N–H and O–H groups in total. The lowest BCUT2D eigenvalue weighted by Gasteiger charge is -2.13. The van der Waals surface area contributed by atoms with Gasteiger partial charge in [-0.3, -0.25) is 0 Å². The number of carbonyl (C=O) groups is 2. The van der Waals surface area contributed by atoms with Crippen LogP contribution in [0.2, 0.25) is 0 Å². The number of hydrogen-bond donors (Lipinski definition) is 0. The van der Waals surface area contributed by atoms with Crippen LogP contribution in [-0.4, -0.2) is 11.9 Å². The lowest BCUT2D eigenvalue weighted by Crippen LogP contribution is -2.15. The first-order valence-corrected chi connectivity index (χ1v) is 6.80. The minimum atomic E-state index is -0.567. The Balaban J connectivity index is 4.53. The van der Waals surface area contributed by atoms with E-state index in [-0.39, 0.29) is 5.41 Å². The molecule has 3 heteroatoms. The SMILES string of the molecule is CCCCC=C(C)C(=O)OC(=O)C(C)=CC(C)(C)C. The van der Waals surface area contributed by atoms with Gasteiger partial charge in [-0.05, 0) is 25.7 Å². The van der Waals surface area contributed by atoms with E-state index in [0.717, 1.165) is 19.3 Å². The molecule has 0 saturated carbocycles. The summed E-state index contributed by atoms with van der Waals surface area (Å²) < 4.78 is 4.84. The third-order valence-corrected chi connectivity index (χ3v) is 2.49.